The highest BCUT2D eigenvalue weighted by Gasteiger charge is 2.33. The SMILES string of the molecule is CC(C)[C@H]1CC[C@H](C)C[C@H]1Oc1cccc[n+]1C. The van der Waals surface area contributed by atoms with Crippen molar-refractivity contribution in [1.82, 2.24) is 0 Å². The largest absolute Gasteiger partial charge is 0.441 e. The lowest BCUT2D eigenvalue weighted by atomic mass is 9.75. The highest BCUT2D eigenvalue weighted by Crippen LogP contribution is 2.35. The van der Waals surface area contributed by atoms with Gasteiger partial charge in [-0.1, -0.05) is 27.2 Å². The molecule has 1 aliphatic rings. The highest BCUT2D eigenvalue weighted by atomic mass is 16.5. The van der Waals surface area contributed by atoms with Crippen LogP contribution in [0.4, 0.5) is 0 Å². The van der Waals surface area contributed by atoms with Crippen LogP contribution in [0.2, 0.25) is 0 Å². The fourth-order valence-electron chi connectivity index (χ4n) is 3.04. The minimum atomic E-state index is 0.377. The quantitative estimate of drug-likeness (QED) is 0.748. The van der Waals surface area contributed by atoms with E-state index < -0.39 is 0 Å². The number of aromatic nitrogens is 1. The Morgan fingerprint density at radius 2 is 2.06 bits per heavy atom. The average molecular weight is 248 g/mol. The Hall–Kier alpha value is -1.05. The van der Waals surface area contributed by atoms with Crippen molar-refractivity contribution >= 4 is 0 Å². The first-order valence-electron chi connectivity index (χ1n) is 7.19. The van der Waals surface area contributed by atoms with Gasteiger partial charge in [0.25, 0.3) is 0 Å². The van der Waals surface area contributed by atoms with Gasteiger partial charge in [-0.3, -0.25) is 0 Å². The maximum Gasteiger partial charge on any atom is 0.367 e. The molecule has 1 aromatic rings. The van der Waals surface area contributed by atoms with E-state index in [1.807, 2.05) is 25.4 Å². The predicted molar refractivity (Wildman–Crippen MR) is 73.4 cm³/mol. The molecule has 2 nitrogen and oxygen atoms in total. The lowest BCUT2D eigenvalue weighted by molar-refractivity contribution is -0.678. The number of nitrogens with zero attached hydrogens (tertiary/aromatic N) is 1. The predicted octanol–water partition coefficient (Wildman–Crippen LogP) is 3.35. The summed E-state index contributed by atoms with van der Waals surface area (Å²) in [5.74, 6) is 3.18. The molecule has 0 radical (unpaired) electrons. The topological polar surface area (TPSA) is 13.1 Å². The van der Waals surface area contributed by atoms with Gasteiger partial charge in [0.2, 0.25) is 0 Å². The van der Waals surface area contributed by atoms with E-state index in [1.165, 1.54) is 19.3 Å². The molecule has 0 N–H and O–H groups in total. The molecule has 1 fully saturated rings. The Morgan fingerprint density at radius 3 is 2.72 bits per heavy atom. The summed E-state index contributed by atoms with van der Waals surface area (Å²) in [5.41, 5.74) is 0. The Labute approximate surface area is 111 Å². The summed E-state index contributed by atoms with van der Waals surface area (Å²) in [6.07, 6.45) is 6.27. The number of hydrogen-bond acceptors (Lipinski definition) is 1. The zero-order valence-corrected chi connectivity index (χ0v) is 12.1. The van der Waals surface area contributed by atoms with E-state index in [4.69, 9.17) is 4.74 Å². The number of rotatable bonds is 3. The van der Waals surface area contributed by atoms with E-state index in [1.54, 1.807) is 0 Å². The van der Waals surface area contributed by atoms with Gasteiger partial charge >= 0.3 is 5.88 Å². The normalized spacial score (nSPS) is 28.4. The van der Waals surface area contributed by atoms with E-state index in [0.717, 1.165) is 11.8 Å². The fourth-order valence-corrected chi connectivity index (χ4v) is 3.04. The molecular formula is C16H26NO+. The molecule has 0 bridgehead atoms. The van der Waals surface area contributed by atoms with Crippen LogP contribution >= 0.6 is 0 Å². The molecule has 2 heteroatoms. The third-order valence-corrected chi connectivity index (χ3v) is 4.24. The van der Waals surface area contributed by atoms with Gasteiger partial charge in [-0.15, -0.1) is 0 Å². The first kappa shape index (κ1) is 13.4. The van der Waals surface area contributed by atoms with Crippen LogP contribution in [0.15, 0.2) is 24.4 Å². The molecule has 1 saturated carbocycles. The van der Waals surface area contributed by atoms with Crippen molar-refractivity contribution in [3.05, 3.63) is 24.4 Å². The van der Waals surface area contributed by atoms with Crippen molar-refractivity contribution in [3.63, 3.8) is 0 Å². The van der Waals surface area contributed by atoms with E-state index in [9.17, 15) is 0 Å². The number of pyridine rings is 1. The maximum absolute atomic E-state index is 6.29. The van der Waals surface area contributed by atoms with Gasteiger partial charge in [0.1, 0.15) is 13.2 Å². The van der Waals surface area contributed by atoms with Gasteiger partial charge < -0.3 is 4.74 Å². The molecule has 2 rings (SSSR count). The summed E-state index contributed by atoms with van der Waals surface area (Å²) in [6, 6.07) is 6.15. The molecule has 18 heavy (non-hydrogen) atoms. The molecule has 0 aliphatic heterocycles. The van der Waals surface area contributed by atoms with Crippen molar-refractivity contribution < 1.29 is 9.30 Å². The van der Waals surface area contributed by atoms with Crippen LogP contribution in [-0.4, -0.2) is 6.10 Å². The second-order valence-corrected chi connectivity index (χ2v) is 6.13. The standard InChI is InChI=1S/C16H26NO/c1-12(2)14-9-8-13(3)11-15(14)18-16-7-5-6-10-17(16)4/h5-7,10,12-15H,8-9,11H2,1-4H3/q+1/t13-,14+,15+/m0/s1. The van der Waals surface area contributed by atoms with Crippen LogP contribution in [0.5, 0.6) is 5.88 Å². The minimum absolute atomic E-state index is 0.377. The lowest BCUT2D eigenvalue weighted by Crippen LogP contribution is -2.40. The third-order valence-electron chi connectivity index (χ3n) is 4.24. The minimum Gasteiger partial charge on any atom is -0.441 e. The first-order valence-corrected chi connectivity index (χ1v) is 7.19. The van der Waals surface area contributed by atoms with E-state index in [0.29, 0.717) is 17.9 Å². The molecule has 1 aliphatic carbocycles. The Kier molecular flexibility index (Phi) is 4.26. The monoisotopic (exact) mass is 248 g/mol. The number of aryl methyl sites for hydroxylation is 1. The molecule has 0 aromatic carbocycles. The van der Waals surface area contributed by atoms with E-state index in [-0.39, 0.29) is 0 Å². The summed E-state index contributed by atoms with van der Waals surface area (Å²) in [4.78, 5) is 0. The fraction of sp³-hybridized carbons (Fsp3) is 0.688. The van der Waals surface area contributed by atoms with Gasteiger partial charge in [-0.05, 0) is 36.7 Å². The van der Waals surface area contributed by atoms with Crippen LogP contribution < -0.4 is 9.30 Å². The van der Waals surface area contributed by atoms with Crippen LogP contribution in [0, 0.1) is 17.8 Å². The van der Waals surface area contributed by atoms with Crippen molar-refractivity contribution in [3.8, 4) is 5.88 Å². The molecule has 0 spiro atoms. The summed E-state index contributed by atoms with van der Waals surface area (Å²) in [6.45, 7) is 6.99. The molecule has 0 unspecified atom stereocenters. The smallest absolute Gasteiger partial charge is 0.367 e. The van der Waals surface area contributed by atoms with Crippen LogP contribution in [0.25, 0.3) is 0 Å². The van der Waals surface area contributed by atoms with Crippen molar-refractivity contribution in [2.45, 2.75) is 46.1 Å². The van der Waals surface area contributed by atoms with Crippen LogP contribution in [-0.2, 0) is 7.05 Å². The maximum atomic E-state index is 6.29. The molecule has 0 amide bonds. The summed E-state index contributed by atoms with van der Waals surface area (Å²) in [7, 11) is 2.05. The van der Waals surface area contributed by atoms with E-state index >= 15 is 0 Å². The molecular weight excluding hydrogens is 222 g/mol. The van der Waals surface area contributed by atoms with Crippen molar-refractivity contribution in [2.24, 2.45) is 24.8 Å². The van der Waals surface area contributed by atoms with Gasteiger partial charge in [0.15, 0.2) is 6.20 Å². The Balaban J connectivity index is 2.11. The van der Waals surface area contributed by atoms with Gasteiger partial charge in [-0.25, -0.2) is 0 Å². The lowest BCUT2D eigenvalue weighted by Gasteiger charge is -2.36. The van der Waals surface area contributed by atoms with Crippen molar-refractivity contribution in [2.75, 3.05) is 0 Å². The molecule has 0 saturated heterocycles. The molecule has 3 atom stereocenters. The second kappa shape index (κ2) is 5.73. The zero-order valence-electron chi connectivity index (χ0n) is 12.1. The Bertz CT molecular complexity index is 388. The van der Waals surface area contributed by atoms with E-state index in [2.05, 4.69) is 31.4 Å². The number of hydrogen-bond donors (Lipinski definition) is 0. The van der Waals surface area contributed by atoms with Crippen molar-refractivity contribution in [1.29, 1.82) is 0 Å². The van der Waals surface area contributed by atoms with Crippen LogP contribution in [0.3, 0.4) is 0 Å². The molecule has 1 aromatic heterocycles. The van der Waals surface area contributed by atoms with Crippen LogP contribution in [0.1, 0.15) is 40.0 Å². The molecule has 1 heterocycles. The highest BCUT2D eigenvalue weighted by molar-refractivity contribution is 5.03. The average Bonchev–Trinajstić information content (AvgIpc) is 2.32. The first-order chi connectivity index (χ1) is 8.58. The third kappa shape index (κ3) is 3.04. The summed E-state index contributed by atoms with van der Waals surface area (Å²) >= 11 is 0. The molecule has 100 valence electrons. The van der Waals surface area contributed by atoms with Gasteiger partial charge in [0.05, 0.1) is 6.07 Å². The Morgan fingerprint density at radius 1 is 1.28 bits per heavy atom. The zero-order chi connectivity index (χ0) is 13.1. The summed E-state index contributed by atoms with van der Waals surface area (Å²) in [5, 5.41) is 0. The summed E-state index contributed by atoms with van der Waals surface area (Å²) < 4.78 is 8.36. The van der Waals surface area contributed by atoms with Gasteiger partial charge in [0, 0.05) is 6.07 Å². The number of ether oxygens (including phenoxy) is 1. The van der Waals surface area contributed by atoms with Gasteiger partial charge in [-0.2, -0.15) is 4.57 Å². The second-order valence-electron chi connectivity index (χ2n) is 6.13.